The van der Waals surface area contributed by atoms with Gasteiger partial charge in [-0.25, -0.2) is 0 Å². The first kappa shape index (κ1) is 37.3. The second-order valence-electron chi connectivity index (χ2n) is 14.4. The maximum atomic E-state index is 12.6. The summed E-state index contributed by atoms with van der Waals surface area (Å²) in [5.74, 6) is 0.535. The molecule has 0 radical (unpaired) electrons. The molecule has 0 amide bonds. The standard InChI is InChI=1S/C43H30N8O9S2/c1-2-59-40-23-35(39(60-25-52)24-38(40)49-48-37-20-13-29-21-32(61(53,54)55)17-18-34(29)43(37)51(48)49)45-44-30-14-8-26(9-15-30)7-10-28-11-16-31(22-41(28)62(56,57)58)46-47-36-19-12-27-5-3-4-6-33(27)42(36)50(46)47/h3-25H,2H2,1H3,(H,53,54,55)(H,56,57,58). The quantitative estimate of drug-likeness (QED) is 0.0524. The Balaban J connectivity index is 0.857. The van der Waals surface area contributed by atoms with Crippen molar-refractivity contribution in [3.63, 3.8) is 0 Å². The van der Waals surface area contributed by atoms with Crippen molar-refractivity contribution in [2.45, 2.75) is 16.7 Å². The van der Waals surface area contributed by atoms with Gasteiger partial charge in [0.05, 0.1) is 22.9 Å². The van der Waals surface area contributed by atoms with Gasteiger partial charge in [-0.2, -0.15) is 26.7 Å². The summed E-state index contributed by atoms with van der Waals surface area (Å²) < 4.78 is 87.3. The summed E-state index contributed by atoms with van der Waals surface area (Å²) in [5.41, 5.74) is 6.48. The van der Waals surface area contributed by atoms with E-state index in [1.54, 1.807) is 77.6 Å². The maximum Gasteiger partial charge on any atom is 0.298 e. The van der Waals surface area contributed by atoms with Crippen molar-refractivity contribution in [2.75, 3.05) is 6.61 Å². The number of nitrogens with zero attached hydrogens (tertiary/aromatic N) is 8. The van der Waals surface area contributed by atoms with E-state index < -0.39 is 20.2 Å². The molecule has 7 aromatic carbocycles. The molecule has 4 aromatic heterocycles. The molecule has 0 spiro atoms. The molecule has 308 valence electrons. The molecule has 0 atom stereocenters. The van der Waals surface area contributed by atoms with Crippen LogP contribution in [0.2, 0.25) is 0 Å². The van der Waals surface area contributed by atoms with Gasteiger partial charge in [-0.05, 0) is 77.4 Å². The van der Waals surface area contributed by atoms with E-state index in [9.17, 15) is 30.7 Å². The molecular formula is C43H30N8O9S2. The predicted octanol–water partition coefficient (Wildman–Crippen LogP) is 8.47. The van der Waals surface area contributed by atoms with E-state index in [1.807, 2.05) is 72.7 Å². The number of ether oxygens (including phenoxy) is 2. The number of carbonyl (C=O) groups is 1. The summed E-state index contributed by atoms with van der Waals surface area (Å²) in [5, 5.41) is 12.3. The first-order valence-corrected chi connectivity index (χ1v) is 21.9. The predicted molar refractivity (Wildman–Crippen MR) is 230 cm³/mol. The average Bonchev–Trinajstić information content (AvgIpc) is 4.11. The fourth-order valence-corrected chi connectivity index (χ4v) is 9.17. The fourth-order valence-electron chi connectivity index (χ4n) is 7.95. The van der Waals surface area contributed by atoms with Crippen LogP contribution >= 0.6 is 0 Å². The lowest BCUT2D eigenvalue weighted by Gasteiger charge is -2.10. The highest BCUT2D eigenvalue weighted by molar-refractivity contribution is 7.86. The van der Waals surface area contributed by atoms with Crippen molar-refractivity contribution in [3.8, 4) is 22.9 Å². The van der Waals surface area contributed by atoms with Gasteiger partial charge in [-0.1, -0.05) is 72.8 Å². The van der Waals surface area contributed by atoms with Crippen LogP contribution in [0.1, 0.15) is 18.1 Å². The summed E-state index contributed by atoms with van der Waals surface area (Å²) in [4.78, 5) is 14.8. The summed E-state index contributed by atoms with van der Waals surface area (Å²) in [6, 6.07) is 35.1. The Hall–Kier alpha value is -7.71. The number of hydrogen-bond donors (Lipinski definition) is 2. The highest BCUT2D eigenvalue weighted by Crippen LogP contribution is 2.42. The molecule has 0 unspecified atom stereocenters. The zero-order chi connectivity index (χ0) is 42.7. The van der Waals surface area contributed by atoms with Gasteiger partial charge in [0.1, 0.15) is 44.1 Å². The Morgan fingerprint density at radius 3 is 2.08 bits per heavy atom. The Kier molecular flexibility index (Phi) is 8.06. The molecule has 0 saturated heterocycles. The van der Waals surface area contributed by atoms with Crippen LogP contribution in [-0.2, 0) is 25.0 Å². The average molecular weight is 867 g/mol. The first-order valence-electron chi connectivity index (χ1n) is 19.0. The molecule has 0 bridgehead atoms. The zero-order valence-corrected chi connectivity index (χ0v) is 33.8. The lowest BCUT2D eigenvalue weighted by molar-refractivity contribution is -0.120. The van der Waals surface area contributed by atoms with E-state index in [1.165, 1.54) is 18.2 Å². The van der Waals surface area contributed by atoms with Crippen LogP contribution in [0.5, 0.6) is 11.5 Å². The smallest absolute Gasteiger partial charge is 0.298 e. The van der Waals surface area contributed by atoms with Gasteiger partial charge in [0.25, 0.3) is 26.7 Å². The van der Waals surface area contributed by atoms with E-state index >= 15 is 0 Å². The third-order valence-electron chi connectivity index (χ3n) is 10.8. The highest BCUT2D eigenvalue weighted by Gasteiger charge is 2.30. The van der Waals surface area contributed by atoms with Crippen LogP contribution in [0.3, 0.4) is 0 Å². The number of fused-ring (bicyclic) bond motifs is 12. The van der Waals surface area contributed by atoms with E-state index in [4.69, 9.17) is 9.47 Å². The van der Waals surface area contributed by atoms with E-state index in [2.05, 4.69) is 10.2 Å². The maximum absolute atomic E-state index is 12.6. The number of carbonyl (C=O) groups excluding carboxylic acids is 1. The van der Waals surface area contributed by atoms with Gasteiger partial charge >= 0.3 is 0 Å². The third-order valence-corrected chi connectivity index (χ3v) is 12.6. The van der Waals surface area contributed by atoms with Gasteiger partial charge in [0.2, 0.25) is 0 Å². The van der Waals surface area contributed by atoms with Crippen molar-refractivity contribution < 1.29 is 40.2 Å². The Labute approximate surface area is 349 Å². The molecule has 0 aliphatic carbocycles. The second kappa shape index (κ2) is 13.4. The third kappa shape index (κ3) is 5.85. The van der Waals surface area contributed by atoms with Crippen LogP contribution in [0, 0.1) is 0 Å². The van der Waals surface area contributed by atoms with Crippen molar-refractivity contribution in [1.82, 2.24) is 28.1 Å². The molecular weight excluding hydrogens is 837 g/mol. The van der Waals surface area contributed by atoms with Crippen LogP contribution in [0.15, 0.2) is 141 Å². The van der Waals surface area contributed by atoms with E-state index in [0.717, 1.165) is 43.8 Å². The van der Waals surface area contributed by atoms with Gasteiger partial charge in [-0.15, -0.1) is 28.4 Å². The summed E-state index contributed by atoms with van der Waals surface area (Å²) in [7, 11) is -8.96. The second-order valence-corrected chi connectivity index (χ2v) is 17.3. The minimum absolute atomic E-state index is 0.112. The van der Waals surface area contributed by atoms with Gasteiger partial charge in [-0.3, -0.25) is 13.9 Å². The van der Waals surface area contributed by atoms with Crippen molar-refractivity contribution in [1.29, 1.82) is 0 Å². The number of azo groups is 1. The lowest BCUT2D eigenvalue weighted by atomic mass is 10.1. The molecule has 4 heterocycles. The summed E-state index contributed by atoms with van der Waals surface area (Å²) >= 11 is 0. The van der Waals surface area contributed by atoms with E-state index in [-0.39, 0.29) is 27.7 Å². The molecule has 62 heavy (non-hydrogen) atoms. The van der Waals surface area contributed by atoms with Crippen LogP contribution in [0.25, 0.3) is 67.1 Å². The lowest BCUT2D eigenvalue weighted by Crippen LogP contribution is -2.02. The first-order chi connectivity index (χ1) is 29.9. The summed E-state index contributed by atoms with van der Waals surface area (Å²) in [6.07, 6.45) is 3.33. The van der Waals surface area contributed by atoms with Crippen molar-refractivity contribution >= 4 is 93.8 Å². The van der Waals surface area contributed by atoms with Crippen molar-refractivity contribution in [2.24, 2.45) is 10.2 Å². The topological polar surface area (TPSA) is 196 Å². The molecule has 0 aliphatic heterocycles. The zero-order valence-electron chi connectivity index (χ0n) is 32.1. The normalized spacial score (nSPS) is 13.0. The molecule has 0 fully saturated rings. The van der Waals surface area contributed by atoms with Crippen LogP contribution < -0.4 is 9.47 Å². The highest BCUT2D eigenvalue weighted by atomic mass is 32.2. The van der Waals surface area contributed by atoms with Crippen LogP contribution in [-0.4, -0.2) is 67.1 Å². The Morgan fingerprint density at radius 2 is 1.35 bits per heavy atom. The number of hydrogen-bond acceptors (Lipinski definition) is 9. The van der Waals surface area contributed by atoms with Gasteiger partial charge < -0.3 is 9.47 Å². The molecule has 19 heteroatoms. The largest absolute Gasteiger partial charge is 0.491 e. The Bertz CT molecular complexity index is 3880. The minimum atomic E-state index is -4.58. The van der Waals surface area contributed by atoms with E-state index in [0.29, 0.717) is 40.4 Å². The molecule has 0 aliphatic rings. The monoisotopic (exact) mass is 866 g/mol. The Morgan fingerprint density at radius 1 is 0.645 bits per heavy atom. The molecule has 11 aromatic rings. The summed E-state index contributed by atoms with van der Waals surface area (Å²) in [6.45, 7) is 2.43. The minimum Gasteiger partial charge on any atom is -0.491 e. The number of benzene rings is 7. The molecule has 11 rings (SSSR count). The van der Waals surface area contributed by atoms with Crippen LogP contribution in [0.4, 0.5) is 11.4 Å². The number of rotatable bonds is 12. The molecule has 0 saturated carbocycles. The number of aromatic nitrogens is 6. The molecule has 2 N–H and O–H groups in total. The molecule has 17 nitrogen and oxygen atoms in total. The fraction of sp³-hybridized carbons (Fsp3) is 0.0465. The van der Waals surface area contributed by atoms with Gasteiger partial charge in [0, 0.05) is 22.9 Å². The SMILES string of the molecule is CCOc1cc(N=Nc2ccc(C=Cc3ccc(-n4n5c6ccc7ccccc7c6n45)cc3S(=O)(=O)O)cc2)c(OC=O)cc1-n1n2c3ccc4cc(S(=O)(=O)O)ccc4c3n12. The van der Waals surface area contributed by atoms with Crippen molar-refractivity contribution in [3.05, 3.63) is 132 Å². The van der Waals surface area contributed by atoms with Gasteiger partial charge in [0.15, 0.2) is 5.75 Å².